The minimum absolute atomic E-state index is 0.135. The fraction of sp³-hybridized carbons (Fsp3) is 0.222. The molecule has 0 atom stereocenters. The fourth-order valence-corrected chi connectivity index (χ4v) is 2.85. The van der Waals surface area contributed by atoms with Crippen LogP contribution in [0.3, 0.4) is 0 Å². The second-order valence-corrected chi connectivity index (χ2v) is 6.64. The van der Waals surface area contributed by atoms with Crippen molar-refractivity contribution in [2.45, 2.75) is 19.8 Å². The number of rotatable bonds is 7. The highest BCUT2D eigenvalue weighted by atomic mass is 79.9. The number of aryl methyl sites for hydroxylation is 1. The molecule has 0 unspecified atom stereocenters. The van der Waals surface area contributed by atoms with E-state index in [1.54, 1.807) is 12.1 Å². The van der Waals surface area contributed by atoms with E-state index in [0.29, 0.717) is 5.02 Å². The summed E-state index contributed by atoms with van der Waals surface area (Å²) in [6.45, 7) is 2.04. The lowest BCUT2D eigenvalue weighted by Gasteiger charge is -2.08. The van der Waals surface area contributed by atoms with Crippen LogP contribution in [0.15, 0.2) is 58.1 Å². The Labute approximate surface area is 155 Å². The summed E-state index contributed by atoms with van der Waals surface area (Å²) in [5.74, 6) is -0.198. The molecule has 0 saturated carbocycles. The van der Waals surface area contributed by atoms with Crippen LogP contribution in [0.4, 0.5) is 5.69 Å². The van der Waals surface area contributed by atoms with Gasteiger partial charge in [0.15, 0.2) is 0 Å². The molecule has 0 aromatic heterocycles. The maximum absolute atomic E-state index is 11.9. The van der Waals surface area contributed by atoms with E-state index in [1.165, 1.54) is 5.56 Å². The molecular weight excluding hydrogens is 390 g/mol. The normalized spacial score (nSPS) is 11.2. The lowest BCUT2D eigenvalue weighted by atomic mass is 10.1. The Morgan fingerprint density at radius 1 is 1.21 bits per heavy atom. The summed E-state index contributed by atoms with van der Waals surface area (Å²) in [6, 6.07) is 15.5. The maximum atomic E-state index is 11.9. The van der Waals surface area contributed by atoms with Gasteiger partial charge in [-0.1, -0.05) is 41.9 Å². The number of nitrogens with one attached hydrogen (secondary N) is 2. The van der Waals surface area contributed by atoms with Crippen molar-refractivity contribution in [1.29, 1.82) is 0 Å². The van der Waals surface area contributed by atoms with E-state index in [0.717, 1.165) is 28.7 Å². The van der Waals surface area contributed by atoms with E-state index >= 15 is 0 Å². The molecule has 6 heteroatoms. The molecule has 4 nitrogen and oxygen atoms in total. The topological polar surface area (TPSA) is 53.5 Å². The third-order valence-corrected chi connectivity index (χ3v) is 4.25. The summed E-state index contributed by atoms with van der Waals surface area (Å²) in [5, 5.41) is 7.80. The molecule has 2 aromatic rings. The van der Waals surface area contributed by atoms with Crippen LogP contribution >= 0.6 is 27.5 Å². The SMILES string of the molecule is CC(CCc1ccccc1)=NNC(=O)CNc1ccc(Cl)cc1Br. The van der Waals surface area contributed by atoms with Crippen molar-refractivity contribution in [2.24, 2.45) is 5.10 Å². The number of hydrogen-bond donors (Lipinski definition) is 2. The number of carbonyl (C=O) groups is 1. The first-order chi connectivity index (χ1) is 11.5. The van der Waals surface area contributed by atoms with Gasteiger partial charge in [-0.3, -0.25) is 4.79 Å². The molecule has 0 radical (unpaired) electrons. The van der Waals surface area contributed by atoms with E-state index in [2.05, 4.69) is 43.9 Å². The van der Waals surface area contributed by atoms with E-state index in [9.17, 15) is 4.79 Å². The molecule has 0 bridgehead atoms. The molecule has 2 aromatic carbocycles. The Balaban J connectivity index is 1.75. The third kappa shape index (κ3) is 6.34. The summed E-state index contributed by atoms with van der Waals surface area (Å²) in [6.07, 6.45) is 1.71. The molecule has 0 spiro atoms. The Morgan fingerprint density at radius 2 is 1.96 bits per heavy atom. The Hall–Kier alpha value is -1.85. The van der Waals surface area contributed by atoms with Crippen LogP contribution in [-0.2, 0) is 11.2 Å². The quantitative estimate of drug-likeness (QED) is 0.518. The van der Waals surface area contributed by atoms with Gasteiger partial charge >= 0.3 is 0 Å². The number of amides is 1. The first-order valence-electron chi connectivity index (χ1n) is 7.59. The molecule has 0 saturated heterocycles. The molecule has 126 valence electrons. The zero-order chi connectivity index (χ0) is 17.4. The summed E-state index contributed by atoms with van der Waals surface area (Å²) in [7, 11) is 0. The second kappa shape index (κ2) is 9.45. The van der Waals surface area contributed by atoms with Gasteiger partial charge in [0.1, 0.15) is 0 Å². The average molecular weight is 409 g/mol. The fourth-order valence-electron chi connectivity index (χ4n) is 2.03. The van der Waals surface area contributed by atoms with Gasteiger partial charge in [0.25, 0.3) is 5.91 Å². The number of hydrazone groups is 1. The maximum Gasteiger partial charge on any atom is 0.259 e. The van der Waals surface area contributed by atoms with Crippen molar-refractivity contribution >= 4 is 44.8 Å². The second-order valence-electron chi connectivity index (χ2n) is 5.35. The average Bonchev–Trinajstić information content (AvgIpc) is 2.58. The van der Waals surface area contributed by atoms with Gasteiger partial charge in [-0.25, -0.2) is 5.43 Å². The molecule has 0 aliphatic rings. The van der Waals surface area contributed by atoms with Gasteiger partial charge in [-0.05, 0) is 59.5 Å². The van der Waals surface area contributed by atoms with Gasteiger partial charge in [0.05, 0.1) is 6.54 Å². The first kappa shape index (κ1) is 18.5. The highest BCUT2D eigenvalue weighted by Gasteiger charge is 2.04. The molecule has 0 aliphatic carbocycles. The van der Waals surface area contributed by atoms with Gasteiger partial charge in [-0.2, -0.15) is 5.10 Å². The standard InChI is InChI=1S/C18H19BrClN3O/c1-13(7-8-14-5-3-2-4-6-14)22-23-18(24)12-21-17-10-9-15(20)11-16(17)19/h2-6,9-11,21H,7-8,12H2,1H3,(H,23,24). The number of carbonyl (C=O) groups excluding carboxylic acids is 1. The zero-order valence-electron chi connectivity index (χ0n) is 13.4. The first-order valence-corrected chi connectivity index (χ1v) is 8.76. The van der Waals surface area contributed by atoms with E-state index < -0.39 is 0 Å². The van der Waals surface area contributed by atoms with Crippen molar-refractivity contribution in [3.63, 3.8) is 0 Å². The highest BCUT2D eigenvalue weighted by Crippen LogP contribution is 2.25. The number of benzene rings is 2. The molecule has 0 fully saturated rings. The monoisotopic (exact) mass is 407 g/mol. The largest absolute Gasteiger partial charge is 0.375 e. The molecule has 24 heavy (non-hydrogen) atoms. The van der Waals surface area contributed by atoms with Crippen LogP contribution in [-0.4, -0.2) is 18.2 Å². The molecule has 0 heterocycles. The minimum Gasteiger partial charge on any atom is -0.375 e. The van der Waals surface area contributed by atoms with Gasteiger partial charge in [0.2, 0.25) is 0 Å². The Bertz CT molecular complexity index is 719. The van der Waals surface area contributed by atoms with Crippen molar-refractivity contribution in [1.82, 2.24) is 5.43 Å². The Morgan fingerprint density at radius 3 is 2.67 bits per heavy atom. The Kier molecular flexibility index (Phi) is 7.28. The lowest BCUT2D eigenvalue weighted by Crippen LogP contribution is -2.26. The third-order valence-electron chi connectivity index (χ3n) is 3.36. The van der Waals surface area contributed by atoms with Crippen molar-refractivity contribution in [3.8, 4) is 0 Å². The van der Waals surface area contributed by atoms with Crippen molar-refractivity contribution in [2.75, 3.05) is 11.9 Å². The van der Waals surface area contributed by atoms with E-state index in [4.69, 9.17) is 11.6 Å². The van der Waals surface area contributed by atoms with Gasteiger partial charge < -0.3 is 5.32 Å². The predicted molar refractivity (Wildman–Crippen MR) is 104 cm³/mol. The highest BCUT2D eigenvalue weighted by molar-refractivity contribution is 9.10. The number of halogens is 2. The number of hydrogen-bond acceptors (Lipinski definition) is 3. The molecular formula is C18H19BrClN3O. The van der Waals surface area contributed by atoms with Gasteiger partial charge in [0, 0.05) is 20.9 Å². The van der Waals surface area contributed by atoms with Crippen LogP contribution in [0.5, 0.6) is 0 Å². The summed E-state index contributed by atoms with van der Waals surface area (Å²) >= 11 is 9.28. The summed E-state index contributed by atoms with van der Waals surface area (Å²) in [5.41, 5.74) is 5.52. The lowest BCUT2D eigenvalue weighted by molar-refractivity contribution is -0.119. The van der Waals surface area contributed by atoms with E-state index in [1.807, 2.05) is 31.2 Å². The molecule has 0 aliphatic heterocycles. The van der Waals surface area contributed by atoms with Crippen LogP contribution < -0.4 is 10.7 Å². The van der Waals surface area contributed by atoms with E-state index in [-0.39, 0.29) is 12.5 Å². The number of anilines is 1. The predicted octanol–water partition coefficient (Wildman–Crippen LogP) is 4.64. The van der Waals surface area contributed by atoms with Crippen molar-refractivity contribution in [3.05, 3.63) is 63.6 Å². The zero-order valence-corrected chi connectivity index (χ0v) is 15.7. The van der Waals surface area contributed by atoms with Crippen LogP contribution in [0.1, 0.15) is 18.9 Å². The van der Waals surface area contributed by atoms with Crippen LogP contribution in [0.25, 0.3) is 0 Å². The summed E-state index contributed by atoms with van der Waals surface area (Å²) in [4.78, 5) is 11.9. The van der Waals surface area contributed by atoms with Gasteiger partial charge in [-0.15, -0.1) is 0 Å². The summed E-state index contributed by atoms with van der Waals surface area (Å²) < 4.78 is 0.811. The molecule has 2 rings (SSSR count). The smallest absolute Gasteiger partial charge is 0.259 e. The minimum atomic E-state index is -0.198. The van der Waals surface area contributed by atoms with Crippen LogP contribution in [0.2, 0.25) is 5.02 Å². The number of nitrogens with zero attached hydrogens (tertiary/aromatic N) is 1. The van der Waals surface area contributed by atoms with Crippen molar-refractivity contribution < 1.29 is 4.79 Å². The molecule has 2 N–H and O–H groups in total. The molecule has 1 amide bonds. The van der Waals surface area contributed by atoms with Crippen LogP contribution in [0, 0.1) is 0 Å².